The smallest absolute Gasteiger partial charge is 0.220 e. The van der Waals surface area contributed by atoms with Gasteiger partial charge in [-0.25, -0.2) is 0 Å². The largest absolute Gasteiger partial charge is 0.355 e. The lowest BCUT2D eigenvalue weighted by Crippen LogP contribution is -2.28. The molecule has 1 aromatic rings. The maximum atomic E-state index is 11.4. The van der Waals surface area contributed by atoms with Crippen molar-refractivity contribution in [2.75, 3.05) is 6.54 Å². The third-order valence-electron chi connectivity index (χ3n) is 2.06. The van der Waals surface area contributed by atoms with E-state index < -0.39 is 0 Å². The van der Waals surface area contributed by atoms with Crippen LogP contribution in [-0.4, -0.2) is 17.8 Å². The molecule has 1 atom stereocenters. The molecule has 0 radical (unpaired) electrons. The Morgan fingerprint density at radius 3 is 2.67 bits per heavy atom. The Hall–Kier alpha value is -1.02. The molecule has 1 N–H and O–H groups in total. The van der Waals surface area contributed by atoms with Crippen LogP contribution in [0.25, 0.3) is 0 Å². The summed E-state index contributed by atoms with van der Waals surface area (Å²) in [4.78, 5) is 11.4. The van der Waals surface area contributed by atoms with Crippen LogP contribution in [0.2, 0.25) is 0 Å². The van der Waals surface area contributed by atoms with Crippen molar-refractivity contribution in [2.24, 2.45) is 0 Å². The molecule has 0 saturated heterocycles. The van der Waals surface area contributed by atoms with Gasteiger partial charge in [-0.3, -0.25) is 4.79 Å². The lowest BCUT2D eigenvalue weighted by atomic mass is 10.1. The van der Waals surface area contributed by atoms with Crippen LogP contribution >= 0.6 is 11.6 Å². The predicted octanol–water partition coefficient (Wildman–Crippen LogP) is 2.36. The van der Waals surface area contributed by atoms with Gasteiger partial charge in [0.2, 0.25) is 5.91 Å². The van der Waals surface area contributed by atoms with E-state index >= 15 is 0 Å². The first-order valence-corrected chi connectivity index (χ1v) is 5.57. The summed E-state index contributed by atoms with van der Waals surface area (Å²) < 4.78 is 0. The molecular formula is C12H16ClNO. The molecule has 15 heavy (non-hydrogen) atoms. The fourth-order valence-corrected chi connectivity index (χ4v) is 1.32. The molecule has 1 unspecified atom stereocenters. The molecule has 1 aromatic carbocycles. The topological polar surface area (TPSA) is 29.1 Å². The highest BCUT2D eigenvalue weighted by atomic mass is 35.5. The van der Waals surface area contributed by atoms with Crippen molar-refractivity contribution >= 4 is 17.5 Å². The number of rotatable bonds is 5. The van der Waals surface area contributed by atoms with Crippen LogP contribution in [0.1, 0.15) is 18.9 Å². The quantitative estimate of drug-likeness (QED) is 0.766. The molecule has 0 aliphatic rings. The van der Waals surface area contributed by atoms with E-state index in [4.69, 9.17) is 11.6 Å². The van der Waals surface area contributed by atoms with Crippen molar-refractivity contribution in [2.45, 2.75) is 25.1 Å². The Morgan fingerprint density at radius 2 is 2.07 bits per heavy atom. The molecule has 1 amide bonds. The van der Waals surface area contributed by atoms with Crippen LogP contribution in [0.3, 0.4) is 0 Å². The zero-order chi connectivity index (χ0) is 11.1. The highest BCUT2D eigenvalue weighted by Gasteiger charge is 2.03. The van der Waals surface area contributed by atoms with Crippen LogP contribution < -0.4 is 5.32 Å². The highest BCUT2D eigenvalue weighted by Crippen LogP contribution is 2.02. The minimum Gasteiger partial charge on any atom is -0.355 e. The Kier molecular flexibility index (Phi) is 5.19. The zero-order valence-corrected chi connectivity index (χ0v) is 9.63. The summed E-state index contributed by atoms with van der Waals surface area (Å²) in [7, 11) is 0. The minimum absolute atomic E-state index is 0.00863. The summed E-state index contributed by atoms with van der Waals surface area (Å²) in [6.45, 7) is 2.40. The summed E-state index contributed by atoms with van der Waals surface area (Å²) in [5.74, 6) is 0.0614. The first kappa shape index (κ1) is 12.1. The van der Waals surface area contributed by atoms with E-state index in [0.29, 0.717) is 13.0 Å². The molecule has 0 spiro atoms. The second-order valence-electron chi connectivity index (χ2n) is 3.57. The lowest BCUT2D eigenvalue weighted by molar-refractivity contribution is -0.121. The maximum Gasteiger partial charge on any atom is 0.220 e. The van der Waals surface area contributed by atoms with Gasteiger partial charge in [0.15, 0.2) is 0 Å². The Morgan fingerprint density at radius 1 is 1.40 bits per heavy atom. The molecule has 0 aliphatic carbocycles. The monoisotopic (exact) mass is 225 g/mol. The molecule has 0 aliphatic heterocycles. The fourth-order valence-electron chi connectivity index (χ4n) is 1.25. The number of carbonyl (C=O) groups is 1. The third-order valence-corrected chi connectivity index (χ3v) is 2.22. The van der Waals surface area contributed by atoms with E-state index in [0.717, 1.165) is 6.42 Å². The van der Waals surface area contributed by atoms with Crippen molar-refractivity contribution in [3.05, 3.63) is 35.9 Å². The van der Waals surface area contributed by atoms with Gasteiger partial charge in [-0.15, -0.1) is 11.6 Å². The van der Waals surface area contributed by atoms with Crippen LogP contribution in [0, 0.1) is 0 Å². The molecule has 82 valence electrons. The first-order chi connectivity index (χ1) is 7.18. The van der Waals surface area contributed by atoms with Crippen LogP contribution in [0.4, 0.5) is 0 Å². The van der Waals surface area contributed by atoms with Gasteiger partial charge in [-0.05, 0) is 18.9 Å². The summed E-state index contributed by atoms with van der Waals surface area (Å²) in [6, 6.07) is 9.98. The number of amides is 1. The van der Waals surface area contributed by atoms with Gasteiger partial charge >= 0.3 is 0 Å². The van der Waals surface area contributed by atoms with E-state index in [2.05, 4.69) is 5.32 Å². The molecule has 0 aromatic heterocycles. The molecule has 0 heterocycles. The second kappa shape index (κ2) is 6.46. The van der Waals surface area contributed by atoms with Crippen molar-refractivity contribution in [3.63, 3.8) is 0 Å². The molecule has 0 fully saturated rings. The normalized spacial score (nSPS) is 12.1. The number of hydrogen-bond donors (Lipinski definition) is 1. The number of aryl methyl sites for hydroxylation is 1. The highest BCUT2D eigenvalue weighted by molar-refractivity contribution is 6.20. The van der Waals surface area contributed by atoms with Gasteiger partial charge < -0.3 is 5.32 Å². The molecule has 0 bridgehead atoms. The van der Waals surface area contributed by atoms with Crippen molar-refractivity contribution in [3.8, 4) is 0 Å². The molecule has 3 heteroatoms. The van der Waals surface area contributed by atoms with Crippen LogP contribution in [0.5, 0.6) is 0 Å². The van der Waals surface area contributed by atoms with Gasteiger partial charge in [-0.1, -0.05) is 30.3 Å². The number of alkyl halides is 1. The number of nitrogens with one attached hydrogen (secondary N) is 1. The first-order valence-electron chi connectivity index (χ1n) is 5.13. The van der Waals surface area contributed by atoms with E-state index in [9.17, 15) is 4.79 Å². The number of hydrogen-bond acceptors (Lipinski definition) is 1. The Bertz CT molecular complexity index is 298. The van der Waals surface area contributed by atoms with Crippen molar-refractivity contribution in [1.82, 2.24) is 5.32 Å². The SMILES string of the molecule is CC(Cl)CNC(=O)CCc1ccccc1. The van der Waals surface area contributed by atoms with Crippen molar-refractivity contribution < 1.29 is 4.79 Å². The Labute approximate surface area is 95.6 Å². The zero-order valence-electron chi connectivity index (χ0n) is 8.87. The fraction of sp³-hybridized carbons (Fsp3) is 0.417. The number of carbonyl (C=O) groups excluding carboxylic acids is 1. The summed E-state index contributed by atoms with van der Waals surface area (Å²) in [6.07, 6.45) is 1.30. The minimum atomic E-state index is -0.00863. The van der Waals surface area contributed by atoms with Crippen LogP contribution in [-0.2, 0) is 11.2 Å². The summed E-state index contributed by atoms with van der Waals surface area (Å²) >= 11 is 5.72. The molecule has 2 nitrogen and oxygen atoms in total. The maximum absolute atomic E-state index is 11.4. The van der Waals surface area contributed by atoms with E-state index in [1.54, 1.807) is 0 Å². The van der Waals surface area contributed by atoms with Gasteiger partial charge in [0.05, 0.1) is 0 Å². The average molecular weight is 226 g/mol. The van der Waals surface area contributed by atoms with Crippen molar-refractivity contribution in [1.29, 1.82) is 0 Å². The molecular weight excluding hydrogens is 210 g/mol. The van der Waals surface area contributed by atoms with Gasteiger partial charge in [0, 0.05) is 18.3 Å². The standard InChI is InChI=1S/C12H16ClNO/c1-10(13)9-14-12(15)8-7-11-5-3-2-4-6-11/h2-6,10H,7-9H2,1H3,(H,14,15). The van der Waals surface area contributed by atoms with E-state index in [-0.39, 0.29) is 11.3 Å². The Balaban J connectivity index is 2.23. The lowest BCUT2D eigenvalue weighted by Gasteiger charge is -2.06. The number of benzene rings is 1. The summed E-state index contributed by atoms with van der Waals surface area (Å²) in [5, 5.41) is 2.77. The molecule has 0 saturated carbocycles. The van der Waals surface area contributed by atoms with E-state index in [1.165, 1.54) is 5.56 Å². The van der Waals surface area contributed by atoms with Crippen LogP contribution in [0.15, 0.2) is 30.3 Å². The average Bonchev–Trinajstić information content (AvgIpc) is 2.25. The predicted molar refractivity (Wildman–Crippen MR) is 63.1 cm³/mol. The van der Waals surface area contributed by atoms with E-state index in [1.807, 2.05) is 37.3 Å². The van der Waals surface area contributed by atoms with Gasteiger partial charge in [-0.2, -0.15) is 0 Å². The van der Waals surface area contributed by atoms with Gasteiger partial charge in [0.25, 0.3) is 0 Å². The third kappa shape index (κ3) is 5.43. The second-order valence-corrected chi connectivity index (χ2v) is 4.32. The number of halogens is 1. The van der Waals surface area contributed by atoms with Gasteiger partial charge in [0.1, 0.15) is 0 Å². The summed E-state index contributed by atoms with van der Waals surface area (Å²) in [5.41, 5.74) is 1.19. The molecule has 1 rings (SSSR count).